The fourth-order valence-corrected chi connectivity index (χ4v) is 2.23. The molecule has 2 aromatic rings. The molecule has 0 aliphatic heterocycles. The molecule has 1 N–H and O–H groups in total. The van der Waals surface area contributed by atoms with Gasteiger partial charge in [-0.25, -0.2) is 0 Å². The zero-order valence-corrected chi connectivity index (χ0v) is 14.3. The van der Waals surface area contributed by atoms with Crippen LogP contribution in [0, 0.1) is 0 Å². The number of hydrogen-bond acceptors (Lipinski definition) is 4. The molecule has 0 aliphatic carbocycles. The van der Waals surface area contributed by atoms with Crippen LogP contribution in [0.15, 0.2) is 53.0 Å². The van der Waals surface area contributed by atoms with E-state index in [-0.39, 0.29) is 12.5 Å². The summed E-state index contributed by atoms with van der Waals surface area (Å²) >= 11 is 3.36. The first-order valence-electron chi connectivity index (χ1n) is 7.08. The minimum Gasteiger partial charge on any atom is -0.495 e. The summed E-state index contributed by atoms with van der Waals surface area (Å²) in [6.45, 7) is 0.670. The van der Waals surface area contributed by atoms with Gasteiger partial charge in [-0.1, -0.05) is 34.1 Å². The van der Waals surface area contributed by atoms with E-state index in [1.54, 1.807) is 19.2 Å². The van der Waals surface area contributed by atoms with Crippen LogP contribution >= 0.6 is 15.9 Å². The molecule has 23 heavy (non-hydrogen) atoms. The molecule has 6 heteroatoms. The fraction of sp³-hybridized carbons (Fsp3) is 0.235. The van der Waals surface area contributed by atoms with Gasteiger partial charge in [-0.05, 0) is 30.3 Å². The predicted molar refractivity (Wildman–Crippen MR) is 92.1 cm³/mol. The molecule has 0 radical (unpaired) electrons. The van der Waals surface area contributed by atoms with Crippen molar-refractivity contribution >= 4 is 27.5 Å². The molecule has 2 aromatic carbocycles. The van der Waals surface area contributed by atoms with Gasteiger partial charge in [0.2, 0.25) is 5.91 Å². The number of amides is 1. The molecule has 0 fully saturated rings. The Bertz CT molecular complexity index is 634. The van der Waals surface area contributed by atoms with Crippen LogP contribution in [-0.4, -0.2) is 32.8 Å². The average molecular weight is 380 g/mol. The van der Waals surface area contributed by atoms with E-state index in [1.165, 1.54) is 0 Å². The Morgan fingerprint density at radius 2 is 1.91 bits per heavy atom. The third-order valence-corrected chi connectivity index (χ3v) is 3.40. The first-order valence-corrected chi connectivity index (χ1v) is 7.87. The van der Waals surface area contributed by atoms with Crippen molar-refractivity contribution in [2.45, 2.75) is 0 Å². The van der Waals surface area contributed by atoms with Crippen LogP contribution in [-0.2, 0) is 9.53 Å². The molecule has 0 saturated carbocycles. The predicted octanol–water partition coefficient (Wildman–Crippen LogP) is 3.49. The number of carbonyl (C=O) groups is 1. The van der Waals surface area contributed by atoms with Gasteiger partial charge in [0.05, 0.1) is 19.4 Å². The third kappa shape index (κ3) is 5.92. The van der Waals surface area contributed by atoms with Crippen molar-refractivity contribution in [3.8, 4) is 11.5 Å². The summed E-state index contributed by atoms with van der Waals surface area (Å²) in [5.41, 5.74) is 0.594. The molecule has 0 saturated heterocycles. The Hall–Kier alpha value is -2.05. The molecular weight excluding hydrogens is 362 g/mol. The van der Waals surface area contributed by atoms with E-state index < -0.39 is 0 Å². The summed E-state index contributed by atoms with van der Waals surface area (Å²) in [5.74, 6) is 1.12. The Kier molecular flexibility index (Phi) is 6.90. The van der Waals surface area contributed by atoms with Gasteiger partial charge in [0, 0.05) is 4.47 Å². The molecule has 0 aromatic heterocycles. The molecule has 1 amide bonds. The molecule has 122 valence electrons. The lowest BCUT2D eigenvalue weighted by Crippen LogP contribution is -2.20. The number of anilines is 1. The van der Waals surface area contributed by atoms with Gasteiger partial charge in [-0.3, -0.25) is 4.79 Å². The molecule has 0 aliphatic rings. The number of halogens is 1. The second kappa shape index (κ2) is 9.17. The van der Waals surface area contributed by atoms with E-state index in [0.29, 0.717) is 24.7 Å². The largest absolute Gasteiger partial charge is 0.495 e. The quantitative estimate of drug-likeness (QED) is 0.713. The van der Waals surface area contributed by atoms with Crippen LogP contribution in [0.25, 0.3) is 0 Å². The van der Waals surface area contributed by atoms with Gasteiger partial charge >= 0.3 is 0 Å². The van der Waals surface area contributed by atoms with Crippen molar-refractivity contribution in [3.63, 3.8) is 0 Å². The van der Waals surface area contributed by atoms with Crippen molar-refractivity contribution < 1.29 is 19.0 Å². The van der Waals surface area contributed by atoms with Crippen molar-refractivity contribution in [1.29, 1.82) is 0 Å². The smallest absolute Gasteiger partial charge is 0.250 e. The summed E-state index contributed by atoms with van der Waals surface area (Å²) < 4.78 is 16.8. The number of ether oxygens (including phenoxy) is 3. The van der Waals surface area contributed by atoms with Crippen molar-refractivity contribution in [2.75, 3.05) is 32.2 Å². The maximum atomic E-state index is 11.9. The van der Waals surface area contributed by atoms with Gasteiger partial charge in [0.15, 0.2) is 0 Å². The second-order valence-electron chi connectivity index (χ2n) is 4.61. The second-order valence-corrected chi connectivity index (χ2v) is 5.52. The van der Waals surface area contributed by atoms with Crippen LogP contribution < -0.4 is 14.8 Å². The highest BCUT2D eigenvalue weighted by Gasteiger charge is 2.08. The molecule has 0 atom stereocenters. The normalized spacial score (nSPS) is 10.2. The number of rotatable bonds is 8. The summed E-state index contributed by atoms with van der Waals surface area (Å²) in [5, 5.41) is 2.75. The van der Waals surface area contributed by atoms with Gasteiger partial charge in [-0.15, -0.1) is 0 Å². The highest BCUT2D eigenvalue weighted by Crippen LogP contribution is 2.27. The Labute approximate surface area is 143 Å². The lowest BCUT2D eigenvalue weighted by atomic mass is 10.3. The summed E-state index contributed by atoms with van der Waals surface area (Å²) in [6.07, 6.45) is 0. The Morgan fingerprint density at radius 3 is 2.65 bits per heavy atom. The van der Waals surface area contributed by atoms with Crippen molar-refractivity contribution in [1.82, 2.24) is 0 Å². The average Bonchev–Trinajstić information content (AvgIpc) is 2.56. The first kappa shape index (κ1) is 17.3. The van der Waals surface area contributed by atoms with Crippen LogP contribution in [0.1, 0.15) is 0 Å². The van der Waals surface area contributed by atoms with Crippen molar-refractivity contribution in [2.24, 2.45) is 0 Å². The van der Waals surface area contributed by atoms with E-state index in [0.717, 1.165) is 10.2 Å². The lowest BCUT2D eigenvalue weighted by molar-refractivity contribution is -0.120. The molecule has 0 spiro atoms. The van der Waals surface area contributed by atoms with Crippen molar-refractivity contribution in [3.05, 3.63) is 53.0 Å². The number of carbonyl (C=O) groups excluding carboxylic acids is 1. The number of hydrogen-bond donors (Lipinski definition) is 1. The highest BCUT2D eigenvalue weighted by molar-refractivity contribution is 9.10. The number of para-hydroxylation sites is 1. The topological polar surface area (TPSA) is 56.8 Å². The van der Waals surface area contributed by atoms with E-state index in [2.05, 4.69) is 21.2 Å². The Balaban J connectivity index is 1.70. The van der Waals surface area contributed by atoms with E-state index in [9.17, 15) is 4.79 Å². The maximum absolute atomic E-state index is 11.9. The summed E-state index contributed by atoms with van der Waals surface area (Å²) in [6, 6.07) is 14.8. The van der Waals surface area contributed by atoms with Gasteiger partial charge in [-0.2, -0.15) is 0 Å². The standard InChI is InChI=1S/C17H18BrNO4/c1-21-16-8-7-13(18)11-15(16)19-17(20)12-22-9-10-23-14-5-3-2-4-6-14/h2-8,11H,9-10,12H2,1H3,(H,19,20). The SMILES string of the molecule is COc1ccc(Br)cc1NC(=O)COCCOc1ccccc1. The zero-order valence-electron chi connectivity index (χ0n) is 12.8. The van der Waals surface area contributed by atoms with Gasteiger partial charge in [0.25, 0.3) is 0 Å². The maximum Gasteiger partial charge on any atom is 0.250 e. The van der Waals surface area contributed by atoms with Crippen LogP contribution in [0.5, 0.6) is 11.5 Å². The first-order chi connectivity index (χ1) is 11.2. The third-order valence-electron chi connectivity index (χ3n) is 2.91. The molecule has 0 bridgehead atoms. The minimum absolute atomic E-state index is 0.0478. The monoisotopic (exact) mass is 379 g/mol. The number of nitrogens with one attached hydrogen (secondary N) is 1. The van der Waals surface area contributed by atoms with Crippen LogP contribution in [0.3, 0.4) is 0 Å². The van der Waals surface area contributed by atoms with Gasteiger partial charge in [0.1, 0.15) is 24.7 Å². The summed E-state index contributed by atoms with van der Waals surface area (Å²) in [7, 11) is 1.55. The van der Waals surface area contributed by atoms with E-state index >= 15 is 0 Å². The number of methoxy groups -OCH3 is 1. The van der Waals surface area contributed by atoms with Crippen LogP contribution in [0.4, 0.5) is 5.69 Å². The highest BCUT2D eigenvalue weighted by atomic mass is 79.9. The molecule has 0 unspecified atom stereocenters. The fourth-order valence-electron chi connectivity index (χ4n) is 1.86. The van der Waals surface area contributed by atoms with E-state index in [4.69, 9.17) is 14.2 Å². The Morgan fingerprint density at radius 1 is 1.13 bits per heavy atom. The minimum atomic E-state index is -0.249. The number of benzene rings is 2. The molecule has 5 nitrogen and oxygen atoms in total. The molecule has 0 heterocycles. The molecule has 2 rings (SSSR count). The van der Waals surface area contributed by atoms with E-state index in [1.807, 2.05) is 36.4 Å². The molecular formula is C17H18BrNO4. The lowest BCUT2D eigenvalue weighted by Gasteiger charge is -2.11. The zero-order chi connectivity index (χ0) is 16.5. The summed E-state index contributed by atoms with van der Waals surface area (Å²) in [4.78, 5) is 11.9. The van der Waals surface area contributed by atoms with Crippen LogP contribution in [0.2, 0.25) is 0 Å². The van der Waals surface area contributed by atoms with Gasteiger partial charge < -0.3 is 19.5 Å².